The van der Waals surface area contributed by atoms with Crippen LogP contribution in [0.4, 0.5) is 0 Å². The highest BCUT2D eigenvalue weighted by atomic mass is 32.1. The Morgan fingerprint density at radius 2 is 1.60 bits per heavy atom. The molecule has 0 saturated heterocycles. The molecule has 0 saturated carbocycles. The van der Waals surface area contributed by atoms with Gasteiger partial charge in [0.05, 0.1) is 10.7 Å². The van der Waals surface area contributed by atoms with Crippen LogP contribution in [0.1, 0.15) is 16.3 Å². The number of benzene rings is 2. The van der Waals surface area contributed by atoms with E-state index in [0.717, 1.165) is 17.1 Å². The second-order valence-corrected chi connectivity index (χ2v) is 5.62. The maximum atomic E-state index is 5.58. The third kappa shape index (κ3) is 2.95. The van der Waals surface area contributed by atoms with Crippen molar-refractivity contribution in [2.45, 2.75) is 13.0 Å². The Labute approximate surface area is 122 Å². The van der Waals surface area contributed by atoms with Crippen LogP contribution in [0, 0.1) is 0 Å². The van der Waals surface area contributed by atoms with Gasteiger partial charge < -0.3 is 5.73 Å². The first-order chi connectivity index (χ1) is 9.85. The number of rotatable bonds is 4. The quantitative estimate of drug-likeness (QED) is 0.788. The molecule has 100 valence electrons. The van der Waals surface area contributed by atoms with Crippen LogP contribution in [0.15, 0.2) is 60.0 Å². The zero-order valence-corrected chi connectivity index (χ0v) is 11.9. The molecule has 0 aliphatic rings. The summed E-state index contributed by atoms with van der Waals surface area (Å²) in [4.78, 5) is 4.50. The van der Waals surface area contributed by atoms with E-state index in [2.05, 4.69) is 53.5 Å². The van der Waals surface area contributed by atoms with Gasteiger partial charge in [-0.25, -0.2) is 4.98 Å². The molecule has 0 amide bonds. The van der Waals surface area contributed by atoms with Crippen LogP contribution in [0.25, 0.3) is 11.1 Å². The lowest BCUT2D eigenvalue weighted by Crippen LogP contribution is -1.96. The van der Waals surface area contributed by atoms with E-state index in [0.29, 0.717) is 6.54 Å². The van der Waals surface area contributed by atoms with E-state index in [-0.39, 0.29) is 0 Å². The smallest absolute Gasteiger partial charge is 0.0972 e. The fraction of sp³-hybridized carbons (Fsp3) is 0.118. The number of nitrogens with zero attached hydrogens (tertiary/aromatic N) is 1. The van der Waals surface area contributed by atoms with Crippen LogP contribution in [0.3, 0.4) is 0 Å². The largest absolute Gasteiger partial charge is 0.325 e. The molecule has 0 fully saturated rings. The summed E-state index contributed by atoms with van der Waals surface area (Å²) in [6.45, 7) is 0.517. The Bertz CT molecular complexity index is 672. The van der Waals surface area contributed by atoms with Crippen LogP contribution < -0.4 is 5.73 Å². The average Bonchev–Trinajstić information content (AvgIpc) is 2.97. The molecular weight excluding hydrogens is 264 g/mol. The summed E-state index contributed by atoms with van der Waals surface area (Å²) < 4.78 is 0. The first kappa shape index (κ1) is 13.0. The van der Waals surface area contributed by atoms with Crippen molar-refractivity contribution < 1.29 is 0 Å². The van der Waals surface area contributed by atoms with Crippen LogP contribution in [-0.4, -0.2) is 4.98 Å². The van der Waals surface area contributed by atoms with Gasteiger partial charge in [0.15, 0.2) is 0 Å². The number of nitrogens with two attached hydrogens (primary N) is 1. The first-order valence-corrected chi connectivity index (χ1v) is 7.51. The van der Waals surface area contributed by atoms with E-state index in [1.54, 1.807) is 11.3 Å². The number of hydrogen-bond donors (Lipinski definition) is 1. The van der Waals surface area contributed by atoms with Gasteiger partial charge in [0, 0.05) is 18.3 Å². The molecule has 3 rings (SSSR count). The Morgan fingerprint density at radius 3 is 2.25 bits per heavy atom. The van der Waals surface area contributed by atoms with Gasteiger partial charge in [0.1, 0.15) is 0 Å². The second-order valence-electron chi connectivity index (χ2n) is 4.68. The van der Waals surface area contributed by atoms with Crippen LogP contribution in [-0.2, 0) is 13.0 Å². The molecular formula is C17H16N2S. The van der Waals surface area contributed by atoms with E-state index in [1.807, 2.05) is 11.4 Å². The number of aromatic nitrogens is 1. The van der Waals surface area contributed by atoms with Gasteiger partial charge in [0.2, 0.25) is 0 Å². The summed E-state index contributed by atoms with van der Waals surface area (Å²) in [5, 5.41) is 3.16. The molecule has 0 radical (unpaired) electrons. The fourth-order valence-corrected chi connectivity index (χ4v) is 2.99. The van der Waals surface area contributed by atoms with Crippen molar-refractivity contribution in [3.63, 3.8) is 0 Å². The molecule has 1 heterocycles. The predicted molar refractivity (Wildman–Crippen MR) is 84.7 cm³/mol. The van der Waals surface area contributed by atoms with Crippen molar-refractivity contribution in [3.05, 3.63) is 76.2 Å². The Balaban J connectivity index is 1.76. The summed E-state index contributed by atoms with van der Waals surface area (Å²) in [5.41, 5.74) is 10.3. The van der Waals surface area contributed by atoms with Crippen LogP contribution in [0.2, 0.25) is 0 Å². The summed E-state index contributed by atoms with van der Waals surface area (Å²) in [6, 6.07) is 19.1. The molecule has 2 N–H and O–H groups in total. The summed E-state index contributed by atoms with van der Waals surface area (Å²) in [6.07, 6.45) is 0.875. The minimum absolute atomic E-state index is 0.517. The Kier molecular flexibility index (Phi) is 3.90. The van der Waals surface area contributed by atoms with Crippen molar-refractivity contribution in [1.29, 1.82) is 0 Å². The highest BCUT2D eigenvalue weighted by Gasteiger charge is 2.03. The minimum Gasteiger partial charge on any atom is -0.325 e. The lowest BCUT2D eigenvalue weighted by atomic mass is 10.0. The number of thiazole rings is 1. The van der Waals surface area contributed by atoms with Crippen molar-refractivity contribution in [3.8, 4) is 11.1 Å². The summed E-state index contributed by atoms with van der Waals surface area (Å²) in [5.74, 6) is 0. The van der Waals surface area contributed by atoms with Gasteiger partial charge in [-0.15, -0.1) is 11.3 Å². The molecule has 1 aromatic heterocycles. The third-order valence-electron chi connectivity index (χ3n) is 3.22. The van der Waals surface area contributed by atoms with Crippen molar-refractivity contribution in [2.24, 2.45) is 5.73 Å². The standard InChI is InChI=1S/C17H16N2S/c18-11-16-12-20-17(19-16)10-13-6-8-15(9-7-13)14-4-2-1-3-5-14/h1-9,12H,10-11,18H2. The zero-order chi connectivity index (χ0) is 13.8. The second kappa shape index (κ2) is 5.99. The molecule has 0 aliphatic carbocycles. The topological polar surface area (TPSA) is 38.9 Å². The molecule has 0 atom stereocenters. The maximum absolute atomic E-state index is 5.58. The fourth-order valence-electron chi connectivity index (χ4n) is 2.14. The third-order valence-corrected chi connectivity index (χ3v) is 4.12. The maximum Gasteiger partial charge on any atom is 0.0972 e. The Hall–Kier alpha value is -1.97. The van der Waals surface area contributed by atoms with Gasteiger partial charge in [-0.3, -0.25) is 0 Å². The minimum atomic E-state index is 0.517. The normalized spacial score (nSPS) is 10.7. The lowest BCUT2D eigenvalue weighted by molar-refractivity contribution is 0.982. The van der Waals surface area contributed by atoms with Crippen molar-refractivity contribution in [1.82, 2.24) is 4.98 Å². The van der Waals surface area contributed by atoms with E-state index in [9.17, 15) is 0 Å². The van der Waals surface area contributed by atoms with Gasteiger partial charge in [0.25, 0.3) is 0 Å². The zero-order valence-electron chi connectivity index (χ0n) is 11.1. The molecule has 3 heteroatoms. The first-order valence-electron chi connectivity index (χ1n) is 6.63. The molecule has 0 spiro atoms. The highest BCUT2D eigenvalue weighted by molar-refractivity contribution is 7.09. The molecule has 2 aromatic carbocycles. The van der Waals surface area contributed by atoms with E-state index < -0.39 is 0 Å². The molecule has 0 bridgehead atoms. The molecule has 0 aliphatic heterocycles. The predicted octanol–water partition coefficient (Wildman–Crippen LogP) is 3.86. The van der Waals surface area contributed by atoms with Crippen molar-refractivity contribution in [2.75, 3.05) is 0 Å². The van der Waals surface area contributed by atoms with Gasteiger partial charge >= 0.3 is 0 Å². The van der Waals surface area contributed by atoms with Crippen LogP contribution >= 0.6 is 11.3 Å². The van der Waals surface area contributed by atoms with E-state index in [4.69, 9.17) is 5.73 Å². The van der Waals surface area contributed by atoms with E-state index in [1.165, 1.54) is 16.7 Å². The van der Waals surface area contributed by atoms with Gasteiger partial charge in [-0.05, 0) is 16.7 Å². The molecule has 20 heavy (non-hydrogen) atoms. The molecule has 3 aromatic rings. The van der Waals surface area contributed by atoms with Gasteiger partial charge in [-0.2, -0.15) is 0 Å². The Morgan fingerprint density at radius 1 is 0.900 bits per heavy atom. The highest BCUT2D eigenvalue weighted by Crippen LogP contribution is 2.21. The number of hydrogen-bond acceptors (Lipinski definition) is 3. The van der Waals surface area contributed by atoms with Gasteiger partial charge in [-0.1, -0.05) is 54.6 Å². The lowest BCUT2D eigenvalue weighted by Gasteiger charge is -2.03. The monoisotopic (exact) mass is 280 g/mol. The van der Waals surface area contributed by atoms with Crippen molar-refractivity contribution >= 4 is 11.3 Å². The SMILES string of the molecule is NCc1csc(Cc2ccc(-c3ccccc3)cc2)n1. The van der Waals surface area contributed by atoms with Crippen LogP contribution in [0.5, 0.6) is 0 Å². The molecule has 2 nitrogen and oxygen atoms in total. The summed E-state index contributed by atoms with van der Waals surface area (Å²) >= 11 is 1.68. The molecule has 0 unspecified atom stereocenters. The average molecular weight is 280 g/mol. The summed E-state index contributed by atoms with van der Waals surface area (Å²) in [7, 11) is 0. The van der Waals surface area contributed by atoms with E-state index >= 15 is 0 Å².